The number of hydrogen-bond donors (Lipinski definition) is 2. The van der Waals surface area contributed by atoms with Gasteiger partial charge in [0.25, 0.3) is 5.91 Å². The van der Waals surface area contributed by atoms with Crippen LogP contribution >= 0.6 is 23.2 Å². The predicted molar refractivity (Wildman–Crippen MR) is 100 cm³/mol. The van der Waals surface area contributed by atoms with Crippen molar-refractivity contribution in [3.63, 3.8) is 0 Å². The summed E-state index contributed by atoms with van der Waals surface area (Å²) in [6, 6.07) is 11.2. The van der Waals surface area contributed by atoms with E-state index in [-0.39, 0.29) is 18.1 Å². The molecule has 5 nitrogen and oxygen atoms in total. The molecule has 0 saturated heterocycles. The molecule has 0 aliphatic carbocycles. The van der Waals surface area contributed by atoms with E-state index >= 15 is 0 Å². The number of halogens is 3. The summed E-state index contributed by atoms with van der Waals surface area (Å²) in [5, 5.41) is 6.38. The van der Waals surface area contributed by atoms with Crippen LogP contribution in [0.2, 0.25) is 10.0 Å². The number of nitrogens with zero attached hydrogens (tertiary/aromatic N) is 2. The maximum Gasteiger partial charge on any atom is 0.275 e. The van der Waals surface area contributed by atoms with Crippen LogP contribution in [0.4, 0.5) is 15.9 Å². The molecule has 3 rings (SSSR count). The minimum Gasteiger partial charge on any atom is -0.365 e. The highest BCUT2D eigenvalue weighted by Crippen LogP contribution is 2.25. The monoisotopic (exact) mass is 390 g/mol. The third-order valence-electron chi connectivity index (χ3n) is 3.48. The van der Waals surface area contributed by atoms with Crippen molar-refractivity contribution in [2.45, 2.75) is 6.54 Å². The first kappa shape index (κ1) is 18.1. The highest BCUT2D eigenvalue weighted by atomic mass is 35.5. The third-order valence-corrected chi connectivity index (χ3v) is 4.04. The normalized spacial score (nSPS) is 10.4. The molecule has 0 spiro atoms. The van der Waals surface area contributed by atoms with Crippen LogP contribution < -0.4 is 10.6 Å². The maximum absolute atomic E-state index is 13.6. The molecule has 0 saturated carbocycles. The molecule has 3 aromatic rings. The first-order valence-electron chi connectivity index (χ1n) is 7.58. The van der Waals surface area contributed by atoms with Crippen molar-refractivity contribution in [3.8, 4) is 0 Å². The topological polar surface area (TPSA) is 66.9 Å². The zero-order valence-electron chi connectivity index (χ0n) is 13.3. The first-order chi connectivity index (χ1) is 12.5. The highest BCUT2D eigenvalue weighted by molar-refractivity contribution is 6.35. The fourth-order valence-corrected chi connectivity index (χ4v) is 2.48. The molecule has 1 heterocycles. The van der Waals surface area contributed by atoms with Crippen LogP contribution in [-0.2, 0) is 6.54 Å². The molecule has 8 heteroatoms. The Morgan fingerprint density at radius 3 is 2.62 bits per heavy atom. The van der Waals surface area contributed by atoms with E-state index in [0.29, 0.717) is 27.1 Å². The quantitative estimate of drug-likeness (QED) is 0.657. The average molecular weight is 391 g/mol. The molecule has 132 valence electrons. The van der Waals surface area contributed by atoms with Crippen LogP contribution in [0.3, 0.4) is 0 Å². The number of aromatic nitrogens is 2. The summed E-state index contributed by atoms with van der Waals surface area (Å²) in [5.41, 5.74) is 0.997. The van der Waals surface area contributed by atoms with Crippen LogP contribution in [0.1, 0.15) is 16.1 Å². The Morgan fingerprint density at radius 2 is 1.88 bits per heavy atom. The summed E-state index contributed by atoms with van der Waals surface area (Å²) in [6.45, 7) is 0.255. The standard InChI is InChI=1S/C18H13Cl2FN4O/c19-12-5-6-13(20)15(7-12)25-18(26)16-9-24-17(10-22-16)23-8-11-3-1-2-4-14(11)21/h1-7,9-10H,8H2,(H,23,24)(H,25,26). The molecule has 2 N–H and O–H groups in total. The predicted octanol–water partition coefficient (Wildman–Crippen LogP) is 4.79. The van der Waals surface area contributed by atoms with Gasteiger partial charge >= 0.3 is 0 Å². The highest BCUT2D eigenvalue weighted by Gasteiger charge is 2.11. The van der Waals surface area contributed by atoms with Gasteiger partial charge in [-0.15, -0.1) is 0 Å². The summed E-state index contributed by atoms with van der Waals surface area (Å²) < 4.78 is 13.6. The van der Waals surface area contributed by atoms with Crippen LogP contribution in [0.15, 0.2) is 54.9 Å². The molecule has 0 bridgehead atoms. The number of carbonyl (C=O) groups is 1. The van der Waals surface area contributed by atoms with E-state index in [9.17, 15) is 9.18 Å². The van der Waals surface area contributed by atoms with Gasteiger partial charge in [0.15, 0.2) is 0 Å². The first-order valence-corrected chi connectivity index (χ1v) is 8.34. The Labute approximate surface area is 159 Å². The van der Waals surface area contributed by atoms with Gasteiger partial charge in [-0.1, -0.05) is 41.4 Å². The number of anilines is 2. The van der Waals surface area contributed by atoms with E-state index in [4.69, 9.17) is 23.2 Å². The minimum absolute atomic E-state index is 0.109. The zero-order chi connectivity index (χ0) is 18.5. The van der Waals surface area contributed by atoms with E-state index in [2.05, 4.69) is 20.6 Å². The van der Waals surface area contributed by atoms with E-state index in [1.165, 1.54) is 18.5 Å². The van der Waals surface area contributed by atoms with Crippen molar-refractivity contribution in [1.82, 2.24) is 9.97 Å². The molecule has 1 amide bonds. The number of rotatable bonds is 5. The van der Waals surface area contributed by atoms with Gasteiger partial charge in [-0.2, -0.15) is 0 Å². The molecule has 0 atom stereocenters. The van der Waals surface area contributed by atoms with Gasteiger partial charge in [-0.25, -0.2) is 14.4 Å². The Bertz CT molecular complexity index is 935. The van der Waals surface area contributed by atoms with Crippen molar-refractivity contribution >= 4 is 40.6 Å². The Kier molecular flexibility index (Phi) is 5.65. The van der Waals surface area contributed by atoms with Crippen molar-refractivity contribution in [2.24, 2.45) is 0 Å². The maximum atomic E-state index is 13.6. The number of carbonyl (C=O) groups excluding carboxylic acids is 1. The molecule has 0 aliphatic heterocycles. The van der Waals surface area contributed by atoms with E-state index in [0.717, 1.165) is 0 Å². The number of hydrogen-bond acceptors (Lipinski definition) is 4. The second-order valence-electron chi connectivity index (χ2n) is 5.31. The van der Waals surface area contributed by atoms with E-state index in [1.807, 2.05) is 0 Å². The fourth-order valence-electron chi connectivity index (χ4n) is 2.14. The lowest BCUT2D eigenvalue weighted by molar-refractivity contribution is 0.102. The molecule has 26 heavy (non-hydrogen) atoms. The van der Waals surface area contributed by atoms with Crippen LogP contribution in [0.25, 0.3) is 0 Å². The summed E-state index contributed by atoms with van der Waals surface area (Å²) >= 11 is 11.9. The average Bonchev–Trinajstić information content (AvgIpc) is 2.64. The summed E-state index contributed by atoms with van der Waals surface area (Å²) in [6.07, 6.45) is 2.72. The second-order valence-corrected chi connectivity index (χ2v) is 6.15. The van der Waals surface area contributed by atoms with Gasteiger partial charge in [0.1, 0.15) is 17.3 Å². The molecule has 0 aliphatic rings. The minimum atomic E-state index is -0.470. The zero-order valence-corrected chi connectivity index (χ0v) is 14.9. The third kappa shape index (κ3) is 4.47. The lowest BCUT2D eigenvalue weighted by Crippen LogP contribution is -2.15. The summed E-state index contributed by atoms with van der Waals surface area (Å²) in [4.78, 5) is 20.4. The van der Waals surface area contributed by atoms with Gasteiger partial charge in [0, 0.05) is 17.1 Å². The molecular weight excluding hydrogens is 378 g/mol. The number of benzene rings is 2. The van der Waals surface area contributed by atoms with Crippen molar-refractivity contribution in [1.29, 1.82) is 0 Å². The second kappa shape index (κ2) is 8.12. The fraction of sp³-hybridized carbons (Fsp3) is 0.0556. The Balaban J connectivity index is 1.64. The van der Waals surface area contributed by atoms with Gasteiger partial charge in [0.05, 0.1) is 23.1 Å². The molecule has 2 aromatic carbocycles. The Hall–Kier alpha value is -2.70. The smallest absolute Gasteiger partial charge is 0.275 e. The molecule has 0 unspecified atom stereocenters. The van der Waals surface area contributed by atoms with Crippen molar-refractivity contribution in [3.05, 3.63) is 82.0 Å². The molecule has 0 radical (unpaired) electrons. The molecular formula is C18H13Cl2FN4O. The largest absolute Gasteiger partial charge is 0.365 e. The lowest BCUT2D eigenvalue weighted by atomic mass is 10.2. The van der Waals surface area contributed by atoms with Crippen LogP contribution in [0.5, 0.6) is 0 Å². The van der Waals surface area contributed by atoms with Crippen molar-refractivity contribution < 1.29 is 9.18 Å². The van der Waals surface area contributed by atoms with Crippen LogP contribution in [-0.4, -0.2) is 15.9 Å². The summed E-state index contributed by atoms with van der Waals surface area (Å²) in [5.74, 6) is -0.352. The van der Waals surface area contributed by atoms with Gasteiger partial charge in [-0.3, -0.25) is 4.79 Å². The lowest BCUT2D eigenvalue weighted by Gasteiger charge is -2.08. The number of nitrogens with one attached hydrogen (secondary N) is 2. The van der Waals surface area contributed by atoms with E-state index < -0.39 is 5.91 Å². The SMILES string of the molecule is O=C(Nc1cc(Cl)ccc1Cl)c1cnc(NCc2ccccc2F)cn1. The summed E-state index contributed by atoms with van der Waals surface area (Å²) in [7, 11) is 0. The van der Waals surface area contributed by atoms with Crippen LogP contribution in [0, 0.1) is 5.82 Å². The molecule has 1 aromatic heterocycles. The van der Waals surface area contributed by atoms with Gasteiger partial charge in [-0.05, 0) is 24.3 Å². The van der Waals surface area contributed by atoms with Gasteiger partial charge in [0.2, 0.25) is 0 Å². The number of amides is 1. The van der Waals surface area contributed by atoms with Crippen molar-refractivity contribution in [2.75, 3.05) is 10.6 Å². The van der Waals surface area contributed by atoms with Gasteiger partial charge < -0.3 is 10.6 Å². The molecule has 0 fully saturated rings. The Morgan fingerprint density at radius 1 is 1.08 bits per heavy atom. The van der Waals surface area contributed by atoms with E-state index in [1.54, 1.807) is 36.4 Å².